The summed E-state index contributed by atoms with van der Waals surface area (Å²) in [5.41, 5.74) is 6.88. The minimum Gasteiger partial charge on any atom is -0.369 e. The molecule has 0 spiro atoms. The number of primary amides is 1. The van der Waals surface area contributed by atoms with Crippen LogP contribution >= 0.6 is 11.6 Å². The summed E-state index contributed by atoms with van der Waals surface area (Å²) in [6.45, 7) is -0.0582. The van der Waals surface area contributed by atoms with Crippen LogP contribution in [0.5, 0.6) is 0 Å². The van der Waals surface area contributed by atoms with Crippen molar-refractivity contribution in [3.8, 4) is 0 Å². The highest BCUT2D eigenvalue weighted by molar-refractivity contribution is 6.31. The summed E-state index contributed by atoms with van der Waals surface area (Å²) in [4.78, 5) is 23.1. The van der Waals surface area contributed by atoms with E-state index < -0.39 is 0 Å². The number of aliphatic imine (C=N–C) groups is 1. The first kappa shape index (κ1) is 17.8. The number of aromatic nitrogens is 2. The number of aromatic amines is 1. The quantitative estimate of drug-likeness (QED) is 0.642. The Kier molecular flexibility index (Phi) is 4.73. The van der Waals surface area contributed by atoms with Crippen molar-refractivity contribution in [3.63, 3.8) is 0 Å². The van der Waals surface area contributed by atoms with E-state index in [2.05, 4.69) is 25.6 Å². The van der Waals surface area contributed by atoms with Gasteiger partial charge in [0, 0.05) is 35.3 Å². The van der Waals surface area contributed by atoms with E-state index in [-0.39, 0.29) is 30.2 Å². The van der Waals surface area contributed by atoms with E-state index in [0.717, 1.165) is 30.2 Å². The van der Waals surface area contributed by atoms with Gasteiger partial charge in [-0.2, -0.15) is 0 Å². The summed E-state index contributed by atoms with van der Waals surface area (Å²) in [5.74, 6) is 0.00309. The summed E-state index contributed by atoms with van der Waals surface area (Å²) in [7, 11) is 0. The Bertz CT molecular complexity index is 952. The van der Waals surface area contributed by atoms with Crippen LogP contribution in [0.3, 0.4) is 0 Å². The number of nitrogens with two attached hydrogens (primary N) is 1. The van der Waals surface area contributed by atoms with Crippen molar-refractivity contribution < 1.29 is 9.18 Å². The van der Waals surface area contributed by atoms with E-state index in [0.29, 0.717) is 28.7 Å². The maximum Gasteiger partial charge on any atom is 0.220 e. The van der Waals surface area contributed by atoms with Gasteiger partial charge < -0.3 is 21.4 Å². The zero-order valence-corrected chi connectivity index (χ0v) is 15.3. The van der Waals surface area contributed by atoms with Crippen LogP contribution in [0.15, 0.2) is 35.1 Å². The Morgan fingerprint density at radius 2 is 2.26 bits per heavy atom. The molecule has 142 valence electrons. The molecular weight excluding hydrogens is 371 g/mol. The minimum atomic E-state index is -0.365. The third kappa shape index (κ3) is 3.62. The number of amidine groups is 1. The van der Waals surface area contributed by atoms with Crippen molar-refractivity contribution in [2.45, 2.75) is 31.7 Å². The molecule has 2 atom stereocenters. The SMILES string of the molecule is NC(=O)[C@@H]1CCC[C@H](NC2=C(F)CN=C(c3c[nH]c4ncc(Cl)cc34)N2)C1. The Balaban J connectivity index is 1.52. The number of hydrogen-bond donors (Lipinski definition) is 4. The van der Waals surface area contributed by atoms with Gasteiger partial charge in [0.25, 0.3) is 0 Å². The topological polar surface area (TPSA) is 108 Å². The fourth-order valence-electron chi connectivity index (χ4n) is 3.68. The van der Waals surface area contributed by atoms with Gasteiger partial charge in [-0.3, -0.25) is 9.79 Å². The molecule has 1 aliphatic carbocycles. The fraction of sp³-hybridized carbons (Fsp3) is 0.389. The summed E-state index contributed by atoms with van der Waals surface area (Å²) in [6, 6.07) is 1.78. The maximum absolute atomic E-state index is 14.4. The van der Waals surface area contributed by atoms with Crippen molar-refractivity contribution in [2.75, 3.05) is 6.54 Å². The predicted octanol–water partition coefficient (Wildman–Crippen LogP) is 2.34. The monoisotopic (exact) mass is 390 g/mol. The van der Waals surface area contributed by atoms with Gasteiger partial charge in [0.1, 0.15) is 17.3 Å². The summed E-state index contributed by atoms with van der Waals surface area (Å²) >= 11 is 6.05. The molecule has 9 heteroatoms. The first-order chi connectivity index (χ1) is 13.0. The van der Waals surface area contributed by atoms with Gasteiger partial charge in [0.2, 0.25) is 5.91 Å². The third-order valence-electron chi connectivity index (χ3n) is 5.07. The molecule has 0 saturated heterocycles. The van der Waals surface area contributed by atoms with Gasteiger partial charge >= 0.3 is 0 Å². The highest BCUT2D eigenvalue weighted by Crippen LogP contribution is 2.26. The molecule has 1 fully saturated rings. The van der Waals surface area contributed by atoms with Gasteiger partial charge in [0.15, 0.2) is 5.83 Å². The molecule has 2 aliphatic rings. The lowest BCUT2D eigenvalue weighted by Crippen LogP contribution is -2.44. The van der Waals surface area contributed by atoms with Crippen LogP contribution < -0.4 is 16.4 Å². The normalized spacial score (nSPS) is 23.1. The number of rotatable bonds is 4. The molecular formula is C18H20ClFN6O. The fourth-order valence-corrected chi connectivity index (χ4v) is 3.84. The number of H-pyrrole nitrogens is 1. The largest absolute Gasteiger partial charge is 0.369 e. The van der Waals surface area contributed by atoms with E-state index >= 15 is 0 Å². The van der Waals surface area contributed by atoms with E-state index in [1.807, 2.05) is 0 Å². The van der Waals surface area contributed by atoms with Crippen LogP contribution in [0.25, 0.3) is 11.0 Å². The Morgan fingerprint density at radius 3 is 3.07 bits per heavy atom. The van der Waals surface area contributed by atoms with Gasteiger partial charge in [-0.25, -0.2) is 9.37 Å². The van der Waals surface area contributed by atoms with Crippen LogP contribution in [0.2, 0.25) is 5.02 Å². The summed E-state index contributed by atoms with van der Waals surface area (Å²) < 4.78 is 14.4. The van der Waals surface area contributed by atoms with Crippen LogP contribution in [0, 0.1) is 5.92 Å². The predicted molar refractivity (Wildman–Crippen MR) is 102 cm³/mol. The van der Waals surface area contributed by atoms with Crippen LogP contribution in [0.1, 0.15) is 31.2 Å². The van der Waals surface area contributed by atoms with Crippen LogP contribution in [-0.2, 0) is 4.79 Å². The van der Waals surface area contributed by atoms with E-state index in [1.165, 1.54) is 0 Å². The van der Waals surface area contributed by atoms with Crippen molar-refractivity contribution in [1.29, 1.82) is 0 Å². The van der Waals surface area contributed by atoms with Gasteiger partial charge in [0.05, 0.1) is 11.6 Å². The van der Waals surface area contributed by atoms with Crippen molar-refractivity contribution >= 4 is 34.4 Å². The zero-order chi connectivity index (χ0) is 19.0. The number of nitrogens with one attached hydrogen (secondary N) is 3. The first-order valence-corrected chi connectivity index (χ1v) is 9.28. The molecule has 7 nitrogen and oxygen atoms in total. The minimum absolute atomic E-state index is 0.0112. The van der Waals surface area contributed by atoms with Crippen LogP contribution in [-0.4, -0.2) is 34.3 Å². The average molecular weight is 391 g/mol. The number of pyridine rings is 1. The Labute approximate surface area is 160 Å². The smallest absolute Gasteiger partial charge is 0.220 e. The molecule has 3 heterocycles. The maximum atomic E-state index is 14.4. The summed E-state index contributed by atoms with van der Waals surface area (Å²) in [5, 5.41) is 7.56. The van der Waals surface area contributed by atoms with Crippen molar-refractivity contribution in [2.24, 2.45) is 16.6 Å². The van der Waals surface area contributed by atoms with Crippen molar-refractivity contribution in [1.82, 2.24) is 20.6 Å². The summed E-state index contributed by atoms with van der Waals surface area (Å²) in [6.07, 6.45) is 6.47. The molecule has 1 saturated carbocycles. The third-order valence-corrected chi connectivity index (χ3v) is 5.28. The van der Waals surface area contributed by atoms with E-state index in [1.54, 1.807) is 18.5 Å². The van der Waals surface area contributed by atoms with E-state index in [4.69, 9.17) is 17.3 Å². The van der Waals surface area contributed by atoms with Gasteiger partial charge in [-0.05, 0) is 25.3 Å². The molecule has 0 unspecified atom stereocenters. The lowest BCUT2D eigenvalue weighted by molar-refractivity contribution is -0.122. The molecule has 27 heavy (non-hydrogen) atoms. The number of fused-ring (bicyclic) bond motifs is 1. The van der Waals surface area contributed by atoms with Crippen molar-refractivity contribution in [3.05, 3.63) is 40.7 Å². The molecule has 0 bridgehead atoms. The molecule has 5 N–H and O–H groups in total. The number of nitrogens with zero attached hydrogens (tertiary/aromatic N) is 2. The molecule has 1 aliphatic heterocycles. The van der Waals surface area contributed by atoms with Crippen LogP contribution in [0.4, 0.5) is 4.39 Å². The Hall–Kier alpha value is -2.61. The number of carbonyl (C=O) groups excluding carboxylic acids is 1. The molecule has 0 aromatic carbocycles. The Morgan fingerprint density at radius 1 is 1.41 bits per heavy atom. The highest BCUT2D eigenvalue weighted by Gasteiger charge is 2.28. The second kappa shape index (κ2) is 7.19. The molecule has 2 aromatic heterocycles. The van der Waals surface area contributed by atoms with Gasteiger partial charge in [-0.15, -0.1) is 0 Å². The van der Waals surface area contributed by atoms with E-state index in [9.17, 15) is 9.18 Å². The number of halogens is 2. The highest BCUT2D eigenvalue weighted by atomic mass is 35.5. The molecule has 4 rings (SSSR count). The standard InChI is InChI=1S/C18H20ClFN6O/c19-10-5-12-13(7-23-16(12)22-6-10)17-24-8-14(20)18(26-17)25-11-3-1-2-9(4-11)15(21)27/h5-7,9,11,25H,1-4,8H2,(H2,21,27)(H,22,23)(H,24,26)/t9-,11+/m1/s1. The number of hydrogen-bond acceptors (Lipinski definition) is 5. The molecule has 1 amide bonds. The number of amides is 1. The van der Waals surface area contributed by atoms with Gasteiger partial charge in [-0.1, -0.05) is 18.0 Å². The molecule has 0 radical (unpaired) electrons. The average Bonchev–Trinajstić information content (AvgIpc) is 3.07. The second-order valence-electron chi connectivity index (χ2n) is 6.93. The number of carbonyl (C=O) groups is 1. The molecule has 2 aromatic rings. The second-order valence-corrected chi connectivity index (χ2v) is 7.37. The lowest BCUT2D eigenvalue weighted by Gasteiger charge is -2.31. The lowest BCUT2D eigenvalue weighted by atomic mass is 9.85. The first-order valence-electron chi connectivity index (χ1n) is 8.90. The zero-order valence-electron chi connectivity index (χ0n) is 14.6.